The van der Waals surface area contributed by atoms with Gasteiger partial charge < -0.3 is 14.9 Å². The standard InChI is InChI=1S/C20H28N2O4S/c1-14(23)22(13-19(24)25)16-7-5-10-21(11-9-16)20(26)18-12-15-6-3-2-4-8-17(15)27-18/h12,16H,2-11,13H2,1H3,(H,24,25). The minimum atomic E-state index is -0.998. The van der Waals surface area contributed by atoms with Crippen LogP contribution in [0.25, 0.3) is 0 Å². The van der Waals surface area contributed by atoms with E-state index >= 15 is 0 Å². The van der Waals surface area contributed by atoms with Crippen molar-refractivity contribution < 1.29 is 19.5 Å². The van der Waals surface area contributed by atoms with Crippen LogP contribution in [0.5, 0.6) is 0 Å². The summed E-state index contributed by atoms with van der Waals surface area (Å²) in [7, 11) is 0. The van der Waals surface area contributed by atoms with E-state index in [1.807, 2.05) is 4.90 Å². The molecule has 1 unspecified atom stereocenters. The number of carboxylic acids is 1. The number of thiophene rings is 1. The monoisotopic (exact) mass is 392 g/mol. The molecule has 7 heteroatoms. The van der Waals surface area contributed by atoms with E-state index in [9.17, 15) is 14.4 Å². The van der Waals surface area contributed by atoms with Gasteiger partial charge in [0.25, 0.3) is 5.91 Å². The van der Waals surface area contributed by atoms with E-state index in [1.165, 1.54) is 41.5 Å². The van der Waals surface area contributed by atoms with Gasteiger partial charge >= 0.3 is 5.97 Å². The number of aliphatic carboxylic acids is 1. The van der Waals surface area contributed by atoms with Crippen LogP contribution in [0.1, 0.15) is 65.6 Å². The second kappa shape index (κ2) is 8.87. The van der Waals surface area contributed by atoms with Crippen LogP contribution in [0.15, 0.2) is 6.07 Å². The first-order valence-electron chi connectivity index (χ1n) is 9.85. The van der Waals surface area contributed by atoms with Gasteiger partial charge in [0.1, 0.15) is 6.54 Å². The fraction of sp³-hybridized carbons (Fsp3) is 0.650. The molecule has 1 atom stereocenters. The molecule has 2 aliphatic rings. The molecule has 1 fully saturated rings. The van der Waals surface area contributed by atoms with Crippen molar-refractivity contribution in [2.75, 3.05) is 19.6 Å². The Morgan fingerprint density at radius 1 is 1.15 bits per heavy atom. The molecule has 1 saturated heterocycles. The molecule has 148 valence electrons. The third-order valence-corrected chi connectivity index (χ3v) is 6.82. The predicted molar refractivity (Wildman–Crippen MR) is 104 cm³/mol. The van der Waals surface area contributed by atoms with E-state index in [-0.39, 0.29) is 24.4 Å². The van der Waals surface area contributed by atoms with Crippen molar-refractivity contribution in [2.45, 2.75) is 64.3 Å². The Morgan fingerprint density at radius 3 is 2.67 bits per heavy atom. The van der Waals surface area contributed by atoms with Crippen molar-refractivity contribution in [2.24, 2.45) is 0 Å². The number of rotatable bonds is 4. The van der Waals surface area contributed by atoms with Crippen LogP contribution in [-0.4, -0.2) is 58.4 Å². The van der Waals surface area contributed by atoms with Crippen molar-refractivity contribution in [1.82, 2.24) is 9.80 Å². The number of aryl methyl sites for hydroxylation is 2. The summed E-state index contributed by atoms with van der Waals surface area (Å²) in [6.07, 6.45) is 7.97. The van der Waals surface area contributed by atoms with Crippen molar-refractivity contribution in [3.8, 4) is 0 Å². The maximum Gasteiger partial charge on any atom is 0.323 e. The molecular formula is C20H28N2O4S. The van der Waals surface area contributed by atoms with E-state index in [0.29, 0.717) is 19.5 Å². The lowest BCUT2D eigenvalue weighted by Gasteiger charge is -2.28. The molecule has 3 rings (SSSR count). The minimum absolute atomic E-state index is 0.0846. The summed E-state index contributed by atoms with van der Waals surface area (Å²) >= 11 is 1.64. The third-order valence-electron chi connectivity index (χ3n) is 5.59. The van der Waals surface area contributed by atoms with Gasteiger partial charge in [0, 0.05) is 30.9 Å². The molecule has 0 radical (unpaired) electrons. The van der Waals surface area contributed by atoms with Crippen molar-refractivity contribution in [3.63, 3.8) is 0 Å². The molecular weight excluding hydrogens is 364 g/mol. The fourth-order valence-corrected chi connectivity index (χ4v) is 5.39. The van der Waals surface area contributed by atoms with Crippen molar-refractivity contribution in [1.29, 1.82) is 0 Å². The predicted octanol–water partition coefficient (Wildman–Crippen LogP) is 2.94. The average molecular weight is 393 g/mol. The second-order valence-corrected chi connectivity index (χ2v) is 8.67. The number of hydrogen-bond donors (Lipinski definition) is 1. The summed E-state index contributed by atoms with van der Waals surface area (Å²) in [5.74, 6) is -1.13. The molecule has 2 heterocycles. The van der Waals surface area contributed by atoms with Crippen LogP contribution in [0.4, 0.5) is 0 Å². The van der Waals surface area contributed by atoms with Gasteiger partial charge in [0.2, 0.25) is 5.91 Å². The van der Waals surface area contributed by atoms with E-state index in [2.05, 4.69) is 6.07 Å². The zero-order valence-electron chi connectivity index (χ0n) is 15.9. The lowest BCUT2D eigenvalue weighted by atomic mass is 10.1. The van der Waals surface area contributed by atoms with Gasteiger partial charge in [-0.2, -0.15) is 0 Å². The summed E-state index contributed by atoms with van der Waals surface area (Å²) < 4.78 is 0. The Morgan fingerprint density at radius 2 is 1.93 bits per heavy atom. The molecule has 2 amide bonds. The Balaban J connectivity index is 1.66. The third kappa shape index (κ3) is 4.89. The zero-order valence-corrected chi connectivity index (χ0v) is 16.7. The highest BCUT2D eigenvalue weighted by Crippen LogP contribution is 2.30. The molecule has 0 bridgehead atoms. The van der Waals surface area contributed by atoms with Gasteiger partial charge in [-0.15, -0.1) is 11.3 Å². The van der Waals surface area contributed by atoms with Crippen molar-refractivity contribution in [3.05, 3.63) is 21.4 Å². The summed E-state index contributed by atoms with van der Waals surface area (Å²) in [5, 5.41) is 9.07. The number of hydrogen-bond acceptors (Lipinski definition) is 4. The van der Waals surface area contributed by atoms with Gasteiger partial charge in [-0.1, -0.05) is 6.42 Å². The van der Waals surface area contributed by atoms with Crippen LogP contribution >= 0.6 is 11.3 Å². The van der Waals surface area contributed by atoms with E-state index in [1.54, 1.807) is 11.3 Å². The van der Waals surface area contributed by atoms with Crippen LogP contribution < -0.4 is 0 Å². The number of carbonyl (C=O) groups excluding carboxylic acids is 2. The molecule has 1 aromatic rings. The first-order chi connectivity index (χ1) is 13.0. The lowest BCUT2D eigenvalue weighted by Crippen LogP contribution is -2.43. The second-order valence-electron chi connectivity index (χ2n) is 7.54. The number of amides is 2. The number of likely N-dealkylation sites (tertiary alicyclic amines) is 1. The molecule has 1 aliphatic heterocycles. The van der Waals surface area contributed by atoms with Gasteiger partial charge in [0.15, 0.2) is 0 Å². The first kappa shape index (κ1) is 19.9. The largest absolute Gasteiger partial charge is 0.480 e. The van der Waals surface area contributed by atoms with Crippen LogP contribution in [0, 0.1) is 0 Å². The summed E-state index contributed by atoms with van der Waals surface area (Å²) in [6, 6.07) is 1.97. The maximum atomic E-state index is 13.0. The van der Waals surface area contributed by atoms with Crippen LogP contribution in [-0.2, 0) is 22.4 Å². The highest BCUT2D eigenvalue weighted by atomic mass is 32.1. The Bertz CT molecular complexity index is 691. The van der Waals surface area contributed by atoms with Gasteiger partial charge in [0.05, 0.1) is 4.88 Å². The summed E-state index contributed by atoms with van der Waals surface area (Å²) in [4.78, 5) is 41.4. The zero-order chi connectivity index (χ0) is 19.4. The van der Waals surface area contributed by atoms with Gasteiger partial charge in [-0.05, 0) is 56.6 Å². The normalized spacial score (nSPS) is 20.3. The molecule has 0 saturated carbocycles. The smallest absolute Gasteiger partial charge is 0.323 e. The topological polar surface area (TPSA) is 77.9 Å². The Labute approximate surface area is 164 Å². The van der Waals surface area contributed by atoms with Gasteiger partial charge in [-0.25, -0.2) is 0 Å². The minimum Gasteiger partial charge on any atom is -0.480 e. The van der Waals surface area contributed by atoms with E-state index in [4.69, 9.17) is 5.11 Å². The molecule has 1 aliphatic carbocycles. The van der Waals surface area contributed by atoms with Gasteiger partial charge in [-0.3, -0.25) is 14.4 Å². The Kier molecular flexibility index (Phi) is 6.52. The highest BCUT2D eigenvalue weighted by molar-refractivity contribution is 7.14. The maximum absolute atomic E-state index is 13.0. The Hall–Kier alpha value is -1.89. The molecule has 0 spiro atoms. The van der Waals surface area contributed by atoms with E-state index in [0.717, 1.165) is 30.6 Å². The van der Waals surface area contributed by atoms with E-state index < -0.39 is 5.97 Å². The summed E-state index contributed by atoms with van der Waals surface area (Å²) in [6.45, 7) is 2.37. The average Bonchev–Trinajstić information content (AvgIpc) is 2.79. The number of carbonyl (C=O) groups is 3. The SMILES string of the molecule is CC(=O)N(CC(=O)O)C1CCCN(C(=O)c2cc3c(s2)CCCCC3)CC1. The lowest BCUT2D eigenvalue weighted by molar-refractivity contribution is -0.145. The molecule has 27 heavy (non-hydrogen) atoms. The number of fused-ring (bicyclic) bond motifs is 1. The highest BCUT2D eigenvalue weighted by Gasteiger charge is 2.28. The molecule has 6 nitrogen and oxygen atoms in total. The first-order valence-corrected chi connectivity index (χ1v) is 10.7. The van der Waals surface area contributed by atoms with Crippen molar-refractivity contribution >= 4 is 29.1 Å². The summed E-state index contributed by atoms with van der Waals surface area (Å²) in [5.41, 5.74) is 1.35. The number of nitrogens with zero attached hydrogens (tertiary/aromatic N) is 2. The van der Waals surface area contributed by atoms with Crippen LogP contribution in [0.3, 0.4) is 0 Å². The van der Waals surface area contributed by atoms with Crippen LogP contribution in [0.2, 0.25) is 0 Å². The quantitative estimate of drug-likeness (QED) is 0.799. The molecule has 1 aromatic heterocycles. The molecule has 1 N–H and O–H groups in total. The fourth-order valence-electron chi connectivity index (χ4n) is 4.17. The molecule has 0 aromatic carbocycles. The number of carboxylic acid groups (broad SMARTS) is 1.